The summed E-state index contributed by atoms with van der Waals surface area (Å²) in [5.74, 6) is -3.85. The smallest absolute Gasteiger partial charge is 0.326 e. The molecule has 1 aromatic rings. The normalized spacial score (nSPS) is 15.2. The first-order valence-corrected chi connectivity index (χ1v) is 12.2. The number of rotatable bonds is 16. The van der Waals surface area contributed by atoms with Crippen molar-refractivity contribution in [1.82, 2.24) is 25.9 Å². The molecule has 0 saturated carbocycles. The second kappa shape index (κ2) is 15.0. The molecule has 0 aromatic carbocycles. The third kappa shape index (κ3) is 10.7. The van der Waals surface area contributed by atoms with E-state index >= 15 is 0 Å². The molecule has 0 aliphatic rings. The van der Waals surface area contributed by atoms with Crippen molar-refractivity contribution in [3.63, 3.8) is 0 Å². The fraction of sp³-hybridized carbons (Fsp3) is 0.600. The van der Waals surface area contributed by atoms with Gasteiger partial charge in [0.05, 0.1) is 18.5 Å². The monoisotopic (exact) mass is 515 g/mol. The van der Waals surface area contributed by atoms with Crippen molar-refractivity contribution in [2.24, 2.45) is 11.5 Å². The average molecular weight is 516 g/mol. The third-order valence-corrected chi connectivity index (χ3v) is 5.58. The summed E-state index contributed by atoms with van der Waals surface area (Å²) in [5.41, 5.74) is 11.2. The Morgan fingerprint density at radius 2 is 1.74 bits per heavy atom. The van der Waals surface area contributed by atoms with Crippen LogP contribution in [0, 0.1) is 0 Å². The van der Waals surface area contributed by atoms with Crippen LogP contribution in [-0.4, -0.2) is 92.1 Å². The minimum absolute atomic E-state index is 0.0627. The quantitative estimate of drug-likeness (QED) is 0.112. The third-order valence-electron chi connectivity index (χ3n) is 4.94. The Morgan fingerprint density at radius 1 is 1.09 bits per heavy atom. The van der Waals surface area contributed by atoms with Crippen LogP contribution in [-0.2, 0) is 30.4 Å². The van der Waals surface area contributed by atoms with E-state index in [1.165, 1.54) is 31.2 Å². The number of amides is 4. The van der Waals surface area contributed by atoms with Gasteiger partial charge in [-0.05, 0) is 31.8 Å². The predicted octanol–water partition coefficient (Wildman–Crippen LogP) is -2.78. The Bertz CT molecular complexity index is 866. The van der Waals surface area contributed by atoms with Crippen molar-refractivity contribution in [2.75, 3.05) is 12.0 Å². The van der Waals surface area contributed by atoms with Gasteiger partial charge in [0.2, 0.25) is 23.6 Å². The van der Waals surface area contributed by atoms with Crippen molar-refractivity contribution < 1.29 is 34.2 Å². The Kier molecular flexibility index (Phi) is 12.8. The van der Waals surface area contributed by atoms with Gasteiger partial charge in [-0.25, -0.2) is 9.78 Å². The summed E-state index contributed by atoms with van der Waals surface area (Å²) < 4.78 is 0. The number of carboxylic acid groups (broad SMARTS) is 1. The van der Waals surface area contributed by atoms with Gasteiger partial charge in [0.15, 0.2) is 0 Å². The number of nitrogens with zero attached hydrogens (tertiary/aromatic N) is 1. The number of hydrogen-bond donors (Lipinski definition) is 8. The van der Waals surface area contributed by atoms with Crippen LogP contribution < -0.4 is 27.4 Å². The SMILES string of the molecule is CSCCC(NC(=O)C(Cc1cnc[nH]1)NC(=O)C(NC(=O)C(N)CCC(N)=O)C(C)O)C(=O)O. The van der Waals surface area contributed by atoms with Crippen LogP contribution >= 0.6 is 11.8 Å². The van der Waals surface area contributed by atoms with Gasteiger partial charge in [-0.2, -0.15) is 11.8 Å². The number of primary amides is 1. The van der Waals surface area contributed by atoms with Gasteiger partial charge in [0.1, 0.15) is 18.1 Å². The minimum Gasteiger partial charge on any atom is -0.480 e. The van der Waals surface area contributed by atoms with E-state index < -0.39 is 59.9 Å². The van der Waals surface area contributed by atoms with Crippen LogP contribution in [0.5, 0.6) is 0 Å². The highest BCUT2D eigenvalue weighted by Gasteiger charge is 2.32. The van der Waals surface area contributed by atoms with Gasteiger partial charge in [0, 0.05) is 24.7 Å². The second-order valence-corrected chi connectivity index (χ2v) is 8.85. The summed E-state index contributed by atoms with van der Waals surface area (Å²) in [7, 11) is 0. The van der Waals surface area contributed by atoms with Gasteiger partial charge in [0.25, 0.3) is 0 Å². The number of carbonyl (C=O) groups is 5. The van der Waals surface area contributed by atoms with E-state index in [9.17, 15) is 34.2 Å². The molecule has 15 heteroatoms. The molecule has 5 unspecified atom stereocenters. The van der Waals surface area contributed by atoms with Crippen LogP contribution in [0.3, 0.4) is 0 Å². The lowest BCUT2D eigenvalue weighted by atomic mass is 10.1. The predicted molar refractivity (Wildman–Crippen MR) is 127 cm³/mol. The second-order valence-electron chi connectivity index (χ2n) is 7.86. The lowest BCUT2D eigenvalue weighted by Gasteiger charge is -2.26. The molecule has 35 heavy (non-hydrogen) atoms. The van der Waals surface area contributed by atoms with Gasteiger partial charge >= 0.3 is 5.97 Å². The molecule has 0 fully saturated rings. The topological polar surface area (TPSA) is 243 Å². The van der Waals surface area contributed by atoms with E-state index in [1.54, 1.807) is 6.26 Å². The Labute approximate surface area is 206 Å². The lowest BCUT2D eigenvalue weighted by Crippen LogP contribution is -2.60. The number of thioether (sulfide) groups is 1. The van der Waals surface area contributed by atoms with Crippen molar-refractivity contribution in [2.45, 2.75) is 62.9 Å². The molecule has 10 N–H and O–H groups in total. The summed E-state index contributed by atoms with van der Waals surface area (Å²) in [5, 5.41) is 26.6. The highest BCUT2D eigenvalue weighted by molar-refractivity contribution is 7.98. The van der Waals surface area contributed by atoms with Gasteiger partial charge in [-0.15, -0.1) is 0 Å². The molecule has 0 aliphatic carbocycles. The zero-order chi connectivity index (χ0) is 26.5. The zero-order valence-corrected chi connectivity index (χ0v) is 20.3. The lowest BCUT2D eigenvalue weighted by molar-refractivity contribution is -0.142. The number of aliphatic hydroxyl groups excluding tert-OH is 1. The van der Waals surface area contributed by atoms with Crippen molar-refractivity contribution >= 4 is 41.4 Å². The standard InChI is InChI=1S/C20H33N7O7S/c1-10(28)16(27-17(30)12(21)3-4-15(22)29)19(32)26-14(7-11-8-23-9-24-11)18(31)25-13(20(33)34)5-6-35-2/h8-10,12-14,16,28H,3-7,21H2,1-2H3,(H2,22,29)(H,23,24)(H,25,31)(H,26,32)(H,27,30)(H,33,34). The Balaban J connectivity index is 2.98. The number of carboxylic acids is 1. The summed E-state index contributed by atoms with van der Waals surface area (Å²) >= 11 is 1.42. The molecule has 0 aliphatic heterocycles. The van der Waals surface area contributed by atoms with Gasteiger partial charge in [-0.3, -0.25) is 19.2 Å². The van der Waals surface area contributed by atoms with Crippen LogP contribution in [0.2, 0.25) is 0 Å². The number of H-pyrrole nitrogens is 1. The van der Waals surface area contributed by atoms with E-state index in [0.717, 1.165) is 0 Å². The van der Waals surface area contributed by atoms with Crippen LogP contribution in [0.15, 0.2) is 12.5 Å². The van der Waals surface area contributed by atoms with Gasteiger partial charge in [-0.1, -0.05) is 0 Å². The number of imidazole rings is 1. The highest BCUT2D eigenvalue weighted by Crippen LogP contribution is 2.06. The first-order chi connectivity index (χ1) is 16.5. The molecule has 4 amide bonds. The molecule has 1 heterocycles. The van der Waals surface area contributed by atoms with E-state index in [4.69, 9.17) is 11.5 Å². The number of hydrogen-bond acceptors (Lipinski definition) is 9. The summed E-state index contributed by atoms with van der Waals surface area (Å²) in [6, 6.07) is -5.06. The van der Waals surface area contributed by atoms with Crippen molar-refractivity contribution in [3.8, 4) is 0 Å². The Morgan fingerprint density at radius 3 is 2.26 bits per heavy atom. The maximum Gasteiger partial charge on any atom is 0.326 e. The van der Waals surface area contributed by atoms with Crippen LogP contribution in [0.1, 0.15) is 31.9 Å². The fourth-order valence-electron chi connectivity index (χ4n) is 2.95. The maximum atomic E-state index is 12.9. The molecule has 0 radical (unpaired) electrons. The number of aromatic nitrogens is 2. The molecule has 1 aromatic heterocycles. The molecule has 196 valence electrons. The largest absolute Gasteiger partial charge is 0.480 e. The molecule has 14 nitrogen and oxygen atoms in total. The molecule has 0 spiro atoms. The number of aromatic amines is 1. The summed E-state index contributed by atoms with van der Waals surface area (Å²) in [6.07, 6.45) is 3.13. The maximum absolute atomic E-state index is 12.9. The first kappa shape index (κ1) is 29.9. The molecular weight excluding hydrogens is 482 g/mol. The van der Waals surface area contributed by atoms with E-state index in [2.05, 4.69) is 25.9 Å². The van der Waals surface area contributed by atoms with Crippen molar-refractivity contribution in [1.29, 1.82) is 0 Å². The number of carbonyl (C=O) groups excluding carboxylic acids is 4. The molecule has 0 saturated heterocycles. The van der Waals surface area contributed by atoms with Gasteiger partial charge < -0.3 is 42.6 Å². The van der Waals surface area contributed by atoms with E-state index in [1.807, 2.05) is 0 Å². The van der Waals surface area contributed by atoms with Crippen LogP contribution in [0.25, 0.3) is 0 Å². The first-order valence-electron chi connectivity index (χ1n) is 10.8. The zero-order valence-electron chi connectivity index (χ0n) is 19.5. The molecular formula is C20H33N7O7S. The molecule has 1 rings (SSSR count). The highest BCUT2D eigenvalue weighted by atomic mass is 32.2. The minimum atomic E-state index is -1.48. The number of aliphatic carboxylic acids is 1. The summed E-state index contributed by atoms with van der Waals surface area (Å²) in [6.45, 7) is 1.26. The fourth-order valence-corrected chi connectivity index (χ4v) is 3.42. The number of nitrogens with two attached hydrogens (primary N) is 2. The molecule has 5 atom stereocenters. The summed E-state index contributed by atoms with van der Waals surface area (Å²) in [4.78, 5) is 67.2. The average Bonchev–Trinajstić information content (AvgIpc) is 3.30. The van der Waals surface area contributed by atoms with E-state index in [0.29, 0.717) is 11.4 Å². The van der Waals surface area contributed by atoms with E-state index in [-0.39, 0.29) is 25.7 Å². The van der Waals surface area contributed by atoms with Crippen molar-refractivity contribution in [3.05, 3.63) is 18.2 Å². The molecule has 0 bridgehead atoms. The Hall–Kier alpha value is -3.17. The number of aliphatic hydroxyl groups is 1. The number of nitrogens with one attached hydrogen (secondary N) is 4. The van der Waals surface area contributed by atoms with Crippen LogP contribution in [0.4, 0.5) is 0 Å².